The van der Waals surface area contributed by atoms with E-state index in [9.17, 15) is 9.59 Å². The number of benzene rings is 1. The Morgan fingerprint density at radius 3 is 2.91 bits per heavy atom. The maximum Gasteiger partial charge on any atom is 0.251 e. The van der Waals surface area contributed by atoms with Gasteiger partial charge in [-0.05, 0) is 36.2 Å². The van der Waals surface area contributed by atoms with Gasteiger partial charge in [0, 0.05) is 36.3 Å². The molecule has 0 aliphatic carbocycles. The Bertz CT molecular complexity index is 748. The molecule has 1 aliphatic heterocycles. The molecule has 0 atom stereocenters. The summed E-state index contributed by atoms with van der Waals surface area (Å²) in [5.74, 6) is -0.0814. The van der Waals surface area contributed by atoms with Crippen molar-refractivity contribution in [2.45, 2.75) is 19.4 Å². The molecule has 3 rings (SSSR count). The van der Waals surface area contributed by atoms with Gasteiger partial charge in [0.15, 0.2) is 0 Å². The molecule has 0 bridgehead atoms. The molecule has 1 fully saturated rings. The second kappa shape index (κ2) is 6.79. The van der Waals surface area contributed by atoms with Gasteiger partial charge in [-0.2, -0.15) is 0 Å². The van der Waals surface area contributed by atoms with E-state index in [0.29, 0.717) is 23.6 Å². The maximum atomic E-state index is 12.1. The van der Waals surface area contributed by atoms with Crippen LogP contribution in [-0.4, -0.2) is 23.3 Å². The van der Waals surface area contributed by atoms with Crippen LogP contribution in [0.1, 0.15) is 28.8 Å². The van der Waals surface area contributed by atoms with Crippen LogP contribution in [0.4, 0.5) is 5.69 Å². The number of carbonyl (C=O) groups excluding carboxylic acids is 2. The van der Waals surface area contributed by atoms with Crippen molar-refractivity contribution in [2.24, 2.45) is 0 Å². The van der Waals surface area contributed by atoms with Gasteiger partial charge in [0.25, 0.3) is 5.91 Å². The molecule has 5 nitrogen and oxygen atoms in total. The first-order chi connectivity index (χ1) is 11.1. The average Bonchev–Trinajstić information content (AvgIpc) is 2.99. The fourth-order valence-corrected chi connectivity index (χ4v) is 2.74. The molecule has 1 aromatic carbocycles. The molecule has 23 heavy (non-hydrogen) atoms. The second-order valence-electron chi connectivity index (χ2n) is 5.39. The van der Waals surface area contributed by atoms with E-state index in [1.807, 2.05) is 6.07 Å². The number of amides is 2. The highest BCUT2D eigenvalue weighted by Crippen LogP contribution is 2.21. The normalized spacial score (nSPS) is 14.1. The van der Waals surface area contributed by atoms with Gasteiger partial charge in [0.1, 0.15) is 0 Å². The molecular weight excluding hydrogens is 314 g/mol. The van der Waals surface area contributed by atoms with Gasteiger partial charge in [0.05, 0.1) is 11.9 Å². The van der Waals surface area contributed by atoms with Crippen LogP contribution >= 0.6 is 11.6 Å². The zero-order valence-electron chi connectivity index (χ0n) is 12.5. The van der Waals surface area contributed by atoms with E-state index in [1.54, 1.807) is 41.6 Å². The van der Waals surface area contributed by atoms with E-state index in [0.717, 1.165) is 24.2 Å². The van der Waals surface area contributed by atoms with E-state index in [2.05, 4.69) is 10.3 Å². The number of halogens is 1. The predicted molar refractivity (Wildman–Crippen MR) is 88.4 cm³/mol. The minimum atomic E-state index is -0.199. The van der Waals surface area contributed by atoms with Gasteiger partial charge < -0.3 is 10.2 Å². The zero-order chi connectivity index (χ0) is 16.2. The number of hydrogen-bond donors (Lipinski definition) is 1. The molecule has 2 amide bonds. The number of carbonyl (C=O) groups is 2. The highest BCUT2D eigenvalue weighted by molar-refractivity contribution is 6.30. The Morgan fingerprint density at radius 1 is 1.30 bits per heavy atom. The van der Waals surface area contributed by atoms with Gasteiger partial charge in [-0.1, -0.05) is 17.7 Å². The molecule has 1 aromatic heterocycles. The van der Waals surface area contributed by atoms with Crippen molar-refractivity contribution in [2.75, 3.05) is 11.4 Å². The van der Waals surface area contributed by atoms with Crippen molar-refractivity contribution < 1.29 is 9.59 Å². The molecule has 6 heteroatoms. The maximum absolute atomic E-state index is 12.1. The summed E-state index contributed by atoms with van der Waals surface area (Å²) in [7, 11) is 0. The van der Waals surface area contributed by atoms with Gasteiger partial charge >= 0.3 is 0 Å². The highest BCUT2D eigenvalue weighted by Gasteiger charge is 2.22. The fraction of sp³-hybridized carbons (Fsp3) is 0.235. The van der Waals surface area contributed by atoms with Crippen LogP contribution < -0.4 is 10.2 Å². The van der Waals surface area contributed by atoms with Gasteiger partial charge in [0.2, 0.25) is 5.91 Å². The Morgan fingerprint density at radius 2 is 2.17 bits per heavy atom. The minimum absolute atomic E-state index is 0.118. The molecule has 0 radical (unpaired) electrons. The fourth-order valence-electron chi connectivity index (χ4n) is 2.55. The summed E-state index contributed by atoms with van der Waals surface area (Å²) in [5.41, 5.74) is 2.14. The summed E-state index contributed by atoms with van der Waals surface area (Å²) in [5, 5.41) is 3.35. The second-order valence-corrected chi connectivity index (χ2v) is 5.83. The van der Waals surface area contributed by atoms with Crippen LogP contribution in [0.25, 0.3) is 0 Å². The van der Waals surface area contributed by atoms with Crippen LogP contribution in [0.2, 0.25) is 5.02 Å². The quantitative estimate of drug-likeness (QED) is 0.938. The van der Waals surface area contributed by atoms with E-state index in [1.165, 1.54) is 0 Å². The van der Waals surface area contributed by atoms with Crippen LogP contribution in [0, 0.1) is 0 Å². The number of rotatable bonds is 4. The molecule has 2 heterocycles. The largest absolute Gasteiger partial charge is 0.348 e. The summed E-state index contributed by atoms with van der Waals surface area (Å²) >= 11 is 5.89. The lowest BCUT2D eigenvalue weighted by molar-refractivity contribution is -0.117. The Labute approximate surface area is 139 Å². The van der Waals surface area contributed by atoms with Crippen molar-refractivity contribution in [3.05, 3.63) is 58.9 Å². The smallest absolute Gasteiger partial charge is 0.251 e. The Hall–Kier alpha value is -2.40. The van der Waals surface area contributed by atoms with Crippen molar-refractivity contribution >= 4 is 29.1 Å². The summed E-state index contributed by atoms with van der Waals surface area (Å²) < 4.78 is 0. The summed E-state index contributed by atoms with van der Waals surface area (Å²) in [6.07, 6.45) is 4.80. The SMILES string of the molecule is O=C(NCc1cncc(N2CCCC2=O)c1)c1cccc(Cl)c1. The number of anilines is 1. The third-order valence-corrected chi connectivity index (χ3v) is 3.94. The zero-order valence-corrected chi connectivity index (χ0v) is 13.2. The molecule has 118 valence electrons. The Balaban J connectivity index is 1.66. The van der Waals surface area contributed by atoms with Crippen LogP contribution in [0.5, 0.6) is 0 Å². The van der Waals surface area contributed by atoms with Crippen LogP contribution in [-0.2, 0) is 11.3 Å². The standard InChI is InChI=1S/C17H16ClN3O2/c18-14-4-1-3-13(8-14)17(23)20-10-12-7-15(11-19-9-12)21-6-2-5-16(21)22/h1,3-4,7-9,11H,2,5-6,10H2,(H,20,23). The Kier molecular flexibility index (Phi) is 4.57. The summed E-state index contributed by atoms with van der Waals surface area (Å²) in [6, 6.07) is 8.67. The third kappa shape index (κ3) is 3.68. The number of nitrogens with one attached hydrogen (secondary N) is 1. The molecule has 0 spiro atoms. The van der Waals surface area contributed by atoms with E-state index in [4.69, 9.17) is 11.6 Å². The lowest BCUT2D eigenvalue weighted by atomic mass is 10.2. The molecule has 1 aliphatic rings. The van der Waals surface area contributed by atoms with Gasteiger partial charge in [-0.3, -0.25) is 14.6 Å². The monoisotopic (exact) mass is 329 g/mol. The molecule has 2 aromatic rings. The van der Waals surface area contributed by atoms with Crippen LogP contribution in [0.15, 0.2) is 42.7 Å². The van der Waals surface area contributed by atoms with E-state index < -0.39 is 0 Å². The van der Waals surface area contributed by atoms with E-state index in [-0.39, 0.29) is 11.8 Å². The minimum Gasteiger partial charge on any atom is -0.348 e. The molecule has 0 saturated carbocycles. The topological polar surface area (TPSA) is 62.3 Å². The van der Waals surface area contributed by atoms with Gasteiger partial charge in [-0.25, -0.2) is 0 Å². The molecule has 1 N–H and O–H groups in total. The first-order valence-corrected chi connectivity index (χ1v) is 7.79. The van der Waals surface area contributed by atoms with Crippen molar-refractivity contribution in [1.29, 1.82) is 0 Å². The van der Waals surface area contributed by atoms with Crippen LogP contribution in [0.3, 0.4) is 0 Å². The number of hydrogen-bond acceptors (Lipinski definition) is 3. The van der Waals surface area contributed by atoms with Crippen molar-refractivity contribution in [3.63, 3.8) is 0 Å². The summed E-state index contributed by atoms with van der Waals surface area (Å²) in [4.78, 5) is 29.8. The predicted octanol–water partition coefficient (Wildman–Crippen LogP) is 2.79. The average molecular weight is 330 g/mol. The number of aromatic nitrogens is 1. The highest BCUT2D eigenvalue weighted by atomic mass is 35.5. The molecular formula is C17H16ClN3O2. The summed E-state index contributed by atoms with van der Waals surface area (Å²) in [6.45, 7) is 1.06. The molecule has 1 saturated heterocycles. The van der Waals surface area contributed by atoms with Gasteiger partial charge in [-0.15, -0.1) is 0 Å². The first kappa shape index (κ1) is 15.5. The van der Waals surface area contributed by atoms with Crippen molar-refractivity contribution in [1.82, 2.24) is 10.3 Å². The lowest BCUT2D eigenvalue weighted by Crippen LogP contribution is -2.25. The number of pyridine rings is 1. The van der Waals surface area contributed by atoms with Crippen molar-refractivity contribution in [3.8, 4) is 0 Å². The third-order valence-electron chi connectivity index (χ3n) is 3.71. The van der Waals surface area contributed by atoms with E-state index >= 15 is 0 Å². The first-order valence-electron chi connectivity index (χ1n) is 7.41. The molecule has 0 unspecified atom stereocenters. The number of nitrogens with zero attached hydrogens (tertiary/aromatic N) is 2. The lowest BCUT2D eigenvalue weighted by Gasteiger charge is -2.16.